The molecule has 2 aliphatic rings. The summed E-state index contributed by atoms with van der Waals surface area (Å²) in [6.45, 7) is 14.1. The molecule has 6 rings (SSSR count). The van der Waals surface area contributed by atoms with Gasteiger partial charge < -0.3 is 24.2 Å². The van der Waals surface area contributed by atoms with Gasteiger partial charge in [0, 0.05) is 30.6 Å². The third-order valence-electron chi connectivity index (χ3n) is 8.74. The minimum Gasteiger partial charge on any atom is -0.488 e. The largest absolute Gasteiger partial charge is 0.488 e. The Hall–Kier alpha value is -4.21. The van der Waals surface area contributed by atoms with Crippen molar-refractivity contribution in [1.29, 1.82) is 0 Å². The van der Waals surface area contributed by atoms with Crippen molar-refractivity contribution in [2.45, 2.75) is 47.1 Å². The highest BCUT2D eigenvalue weighted by Gasteiger charge is 2.35. The highest BCUT2D eigenvalue weighted by atomic mass is 16.5. The van der Waals surface area contributed by atoms with Crippen molar-refractivity contribution in [3.8, 4) is 28.7 Å². The van der Waals surface area contributed by atoms with Gasteiger partial charge in [0.25, 0.3) is 0 Å². The summed E-state index contributed by atoms with van der Waals surface area (Å²) < 4.78 is 19.1. The van der Waals surface area contributed by atoms with Crippen LogP contribution < -0.4 is 9.47 Å². The van der Waals surface area contributed by atoms with Crippen molar-refractivity contribution in [1.82, 2.24) is 19.7 Å². The fraction of sp³-hybridized carbons (Fsp3) is 0.400. The van der Waals surface area contributed by atoms with Gasteiger partial charge in [-0.05, 0) is 79.6 Å². The van der Waals surface area contributed by atoms with Crippen LogP contribution in [0.15, 0.2) is 54.7 Å². The van der Waals surface area contributed by atoms with E-state index in [2.05, 4.69) is 36.0 Å². The number of para-hydroxylation sites is 1. The molecule has 0 radical (unpaired) electrons. The summed E-state index contributed by atoms with van der Waals surface area (Å²) in [5.41, 5.74) is 8.23. The lowest BCUT2D eigenvalue weighted by Crippen LogP contribution is -2.49. The zero-order valence-electron chi connectivity index (χ0n) is 25.9. The zero-order valence-corrected chi connectivity index (χ0v) is 25.9. The van der Waals surface area contributed by atoms with E-state index in [1.165, 1.54) is 33.1 Å². The number of hydrogen-bond acceptors (Lipinski definition) is 7. The SMILES string of the molecule is CCOc1c(C(=O)O)cnn1-c1cccc(-c2cccc(C)c2OCc2ccc3c(c2C)CCN(CC2(C)COC2)CC3)n1. The maximum atomic E-state index is 11.7. The van der Waals surface area contributed by atoms with Crippen molar-refractivity contribution in [3.05, 3.63) is 88.1 Å². The number of rotatable bonds is 10. The van der Waals surface area contributed by atoms with Gasteiger partial charge in [-0.1, -0.05) is 37.3 Å². The average Bonchev–Trinajstić information content (AvgIpc) is 3.31. The number of pyridine rings is 1. The molecule has 2 aliphatic heterocycles. The van der Waals surface area contributed by atoms with E-state index in [0.29, 0.717) is 24.7 Å². The average molecular weight is 597 g/mol. The van der Waals surface area contributed by atoms with Gasteiger partial charge in [0.15, 0.2) is 5.82 Å². The Balaban J connectivity index is 1.23. The number of fused-ring (bicyclic) bond motifs is 1. The Morgan fingerprint density at radius 1 is 1.05 bits per heavy atom. The van der Waals surface area contributed by atoms with E-state index in [1.807, 2.05) is 37.3 Å². The summed E-state index contributed by atoms with van der Waals surface area (Å²) in [5.74, 6) is 0.276. The first-order valence-electron chi connectivity index (χ1n) is 15.3. The van der Waals surface area contributed by atoms with E-state index < -0.39 is 5.97 Å². The fourth-order valence-corrected chi connectivity index (χ4v) is 6.31. The summed E-state index contributed by atoms with van der Waals surface area (Å²) in [6, 6.07) is 16.1. The van der Waals surface area contributed by atoms with Gasteiger partial charge in [-0.2, -0.15) is 9.78 Å². The molecular formula is C35H40N4O5. The number of benzene rings is 2. The predicted octanol–water partition coefficient (Wildman–Crippen LogP) is 5.66. The third-order valence-corrected chi connectivity index (χ3v) is 8.74. The Morgan fingerprint density at radius 2 is 1.84 bits per heavy atom. The highest BCUT2D eigenvalue weighted by Crippen LogP contribution is 2.35. The lowest BCUT2D eigenvalue weighted by atomic mass is 9.88. The van der Waals surface area contributed by atoms with Crippen molar-refractivity contribution < 1.29 is 24.1 Å². The van der Waals surface area contributed by atoms with Gasteiger partial charge in [-0.3, -0.25) is 0 Å². The lowest BCUT2D eigenvalue weighted by Gasteiger charge is -2.41. The van der Waals surface area contributed by atoms with Crippen LogP contribution in [-0.2, 0) is 24.2 Å². The van der Waals surface area contributed by atoms with Crippen LogP contribution in [0.1, 0.15) is 52.0 Å². The molecular weight excluding hydrogens is 556 g/mol. The number of aryl methyl sites for hydroxylation is 1. The van der Waals surface area contributed by atoms with Crippen LogP contribution in [0.5, 0.6) is 11.6 Å². The number of hydrogen-bond donors (Lipinski definition) is 1. The van der Waals surface area contributed by atoms with E-state index in [4.69, 9.17) is 19.2 Å². The number of aromatic nitrogens is 3. The van der Waals surface area contributed by atoms with Crippen LogP contribution in [0.25, 0.3) is 17.1 Å². The quantitative estimate of drug-likeness (QED) is 0.250. The van der Waals surface area contributed by atoms with E-state index in [-0.39, 0.29) is 16.9 Å². The number of carboxylic acid groups (broad SMARTS) is 1. The molecule has 0 bridgehead atoms. The molecule has 44 heavy (non-hydrogen) atoms. The summed E-state index contributed by atoms with van der Waals surface area (Å²) >= 11 is 0. The monoisotopic (exact) mass is 596 g/mol. The molecule has 230 valence electrons. The minimum atomic E-state index is -1.10. The van der Waals surface area contributed by atoms with E-state index >= 15 is 0 Å². The topological polar surface area (TPSA) is 98.9 Å². The molecule has 1 saturated heterocycles. The van der Waals surface area contributed by atoms with Crippen molar-refractivity contribution in [2.24, 2.45) is 5.41 Å². The number of carboxylic acids is 1. The summed E-state index contributed by atoms with van der Waals surface area (Å²) in [4.78, 5) is 19.2. The molecule has 0 spiro atoms. The van der Waals surface area contributed by atoms with Crippen molar-refractivity contribution >= 4 is 5.97 Å². The Labute approximate surface area is 258 Å². The first-order valence-corrected chi connectivity index (χ1v) is 15.3. The molecule has 1 N–H and O–H groups in total. The van der Waals surface area contributed by atoms with Crippen LogP contribution in [-0.4, -0.2) is 70.2 Å². The Bertz CT molecular complexity index is 1680. The van der Waals surface area contributed by atoms with Crippen molar-refractivity contribution in [3.63, 3.8) is 0 Å². The first-order chi connectivity index (χ1) is 21.3. The van der Waals surface area contributed by atoms with Crippen LogP contribution in [0.2, 0.25) is 0 Å². The zero-order chi connectivity index (χ0) is 30.8. The van der Waals surface area contributed by atoms with Gasteiger partial charge in [0.2, 0.25) is 5.88 Å². The molecule has 2 aromatic carbocycles. The summed E-state index contributed by atoms with van der Waals surface area (Å²) in [7, 11) is 0. The van der Waals surface area contributed by atoms with E-state index in [0.717, 1.165) is 62.6 Å². The van der Waals surface area contributed by atoms with Crippen LogP contribution in [0, 0.1) is 19.3 Å². The number of carbonyl (C=O) groups is 1. The standard InChI is InChI=1S/C35H40N4O5/c1-5-43-33-29(34(40)41)18-36-39(33)31-11-7-10-30(37-31)28-9-6-8-23(2)32(28)44-19-26-13-12-25-14-16-38(17-15-27(25)24(26)3)20-35(4)21-42-22-35/h6-13,18H,5,14-17,19-22H2,1-4H3,(H,40,41). The van der Waals surface area contributed by atoms with Crippen LogP contribution in [0.4, 0.5) is 0 Å². The normalized spacial score (nSPS) is 16.1. The second kappa shape index (κ2) is 12.4. The molecule has 0 aliphatic carbocycles. The number of aromatic carboxylic acids is 1. The Morgan fingerprint density at radius 3 is 2.59 bits per heavy atom. The lowest BCUT2D eigenvalue weighted by molar-refractivity contribution is -0.114. The molecule has 4 heterocycles. The smallest absolute Gasteiger partial charge is 0.342 e. The summed E-state index contributed by atoms with van der Waals surface area (Å²) in [6.07, 6.45) is 3.39. The highest BCUT2D eigenvalue weighted by molar-refractivity contribution is 5.90. The van der Waals surface area contributed by atoms with Crippen LogP contribution in [0.3, 0.4) is 0 Å². The maximum absolute atomic E-state index is 11.7. The fourth-order valence-electron chi connectivity index (χ4n) is 6.31. The third kappa shape index (κ3) is 5.94. The molecule has 0 unspecified atom stereocenters. The molecule has 2 aromatic heterocycles. The number of ether oxygens (including phenoxy) is 3. The second-order valence-corrected chi connectivity index (χ2v) is 12.2. The molecule has 0 saturated carbocycles. The molecule has 0 amide bonds. The predicted molar refractivity (Wildman–Crippen MR) is 168 cm³/mol. The van der Waals surface area contributed by atoms with E-state index in [9.17, 15) is 9.90 Å². The summed E-state index contributed by atoms with van der Waals surface area (Å²) in [5, 5.41) is 13.9. The Kier molecular flexibility index (Phi) is 8.42. The minimum absolute atomic E-state index is 0.00953. The van der Waals surface area contributed by atoms with Crippen LogP contribution >= 0.6 is 0 Å². The molecule has 1 fully saturated rings. The van der Waals surface area contributed by atoms with Crippen molar-refractivity contribution in [2.75, 3.05) is 39.5 Å². The maximum Gasteiger partial charge on any atom is 0.342 e. The second-order valence-electron chi connectivity index (χ2n) is 12.2. The van der Waals surface area contributed by atoms with E-state index in [1.54, 1.807) is 13.0 Å². The van der Waals surface area contributed by atoms with Gasteiger partial charge in [0.1, 0.15) is 17.9 Å². The molecule has 0 atom stereocenters. The molecule has 9 nitrogen and oxygen atoms in total. The van der Waals surface area contributed by atoms with Gasteiger partial charge in [-0.15, -0.1) is 0 Å². The van der Waals surface area contributed by atoms with Gasteiger partial charge in [0.05, 0.1) is 31.7 Å². The first kappa shape index (κ1) is 29.8. The van der Waals surface area contributed by atoms with Gasteiger partial charge in [-0.25, -0.2) is 9.78 Å². The van der Waals surface area contributed by atoms with Gasteiger partial charge >= 0.3 is 5.97 Å². The molecule has 4 aromatic rings. The number of nitrogens with zero attached hydrogens (tertiary/aromatic N) is 4. The molecule has 9 heteroatoms.